The molecule has 0 radical (unpaired) electrons. The molecule has 0 spiro atoms. The van der Waals surface area contributed by atoms with Gasteiger partial charge in [-0.2, -0.15) is 0 Å². The number of amides is 1. The molecular weight excluding hydrogens is 463 g/mol. The van der Waals surface area contributed by atoms with E-state index in [0.717, 1.165) is 5.56 Å². The maximum absolute atomic E-state index is 13.3. The lowest BCUT2D eigenvalue weighted by Crippen LogP contribution is -2.30. The third-order valence-corrected chi connectivity index (χ3v) is 6.47. The SMILES string of the molecule is Cc1ccc(N2C(=O)C(=Cc3ccc(Cl)c(Cl)c3)N=C2SCC(=O)c2ccccc2)cc1. The average Bonchev–Trinajstić information content (AvgIpc) is 3.10. The number of nitrogens with zero attached hydrogens (tertiary/aromatic N) is 2. The normalized spacial score (nSPS) is 14.7. The van der Waals surface area contributed by atoms with E-state index in [9.17, 15) is 9.59 Å². The van der Waals surface area contributed by atoms with Crippen molar-refractivity contribution in [3.05, 3.63) is 105 Å². The van der Waals surface area contributed by atoms with Gasteiger partial charge in [0, 0.05) is 5.56 Å². The first-order valence-corrected chi connectivity index (χ1v) is 11.5. The van der Waals surface area contributed by atoms with Crippen LogP contribution >= 0.6 is 35.0 Å². The molecule has 0 unspecified atom stereocenters. The Labute approximate surface area is 200 Å². The summed E-state index contributed by atoms with van der Waals surface area (Å²) in [6.45, 7) is 1.98. The van der Waals surface area contributed by atoms with Gasteiger partial charge in [-0.15, -0.1) is 0 Å². The second kappa shape index (κ2) is 9.74. The smallest absolute Gasteiger partial charge is 0.283 e. The van der Waals surface area contributed by atoms with Crippen molar-refractivity contribution in [2.45, 2.75) is 6.92 Å². The highest BCUT2D eigenvalue weighted by Gasteiger charge is 2.32. The van der Waals surface area contributed by atoms with Gasteiger partial charge in [0.2, 0.25) is 0 Å². The van der Waals surface area contributed by atoms with E-state index in [4.69, 9.17) is 23.2 Å². The summed E-state index contributed by atoms with van der Waals surface area (Å²) in [6.07, 6.45) is 1.66. The van der Waals surface area contributed by atoms with Gasteiger partial charge >= 0.3 is 0 Å². The fourth-order valence-corrected chi connectivity index (χ4v) is 4.33. The van der Waals surface area contributed by atoms with Crippen molar-refractivity contribution in [1.82, 2.24) is 0 Å². The van der Waals surface area contributed by atoms with Crippen molar-refractivity contribution in [2.24, 2.45) is 4.99 Å². The molecule has 0 aromatic heterocycles. The molecule has 0 N–H and O–H groups in total. The van der Waals surface area contributed by atoms with Crippen LogP contribution in [0, 0.1) is 6.92 Å². The number of thioether (sulfide) groups is 1. The molecule has 0 fully saturated rings. The van der Waals surface area contributed by atoms with Crippen molar-refractivity contribution in [1.29, 1.82) is 0 Å². The van der Waals surface area contributed by atoms with E-state index in [-0.39, 0.29) is 23.1 Å². The molecule has 32 heavy (non-hydrogen) atoms. The fraction of sp³-hybridized carbons (Fsp3) is 0.0800. The second-order valence-electron chi connectivity index (χ2n) is 7.15. The molecule has 3 aromatic rings. The Morgan fingerprint density at radius 2 is 1.72 bits per heavy atom. The largest absolute Gasteiger partial charge is 0.293 e. The predicted molar refractivity (Wildman–Crippen MR) is 134 cm³/mol. The molecule has 7 heteroatoms. The molecule has 0 saturated carbocycles. The number of hydrogen-bond donors (Lipinski definition) is 0. The minimum atomic E-state index is -0.269. The van der Waals surface area contributed by atoms with Crippen LogP contribution in [0.25, 0.3) is 6.08 Å². The number of ketones is 1. The first-order chi connectivity index (χ1) is 15.4. The number of anilines is 1. The van der Waals surface area contributed by atoms with Crippen LogP contribution in [0.3, 0.4) is 0 Å². The summed E-state index contributed by atoms with van der Waals surface area (Å²) in [5.41, 5.74) is 3.37. The lowest BCUT2D eigenvalue weighted by atomic mass is 10.2. The number of carbonyl (C=O) groups is 2. The zero-order chi connectivity index (χ0) is 22.7. The Hall–Kier alpha value is -2.86. The van der Waals surface area contributed by atoms with Crippen molar-refractivity contribution in [2.75, 3.05) is 10.7 Å². The number of hydrogen-bond acceptors (Lipinski definition) is 4. The Balaban J connectivity index is 1.65. The van der Waals surface area contributed by atoms with Crippen LogP contribution in [0.1, 0.15) is 21.5 Å². The summed E-state index contributed by atoms with van der Waals surface area (Å²) in [7, 11) is 0. The first-order valence-electron chi connectivity index (χ1n) is 9.80. The molecule has 3 aromatic carbocycles. The van der Waals surface area contributed by atoms with Gasteiger partial charge in [-0.05, 0) is 42.8 Å². The average molecular weight is 481 g/mol. The van der Waals surface area contributed by atoms with Gasteiger partial charge in [0.15, 0.2) is 11.0 Å². The zero-order valence-electron chi connectivity index (χ0n) is 17.1. The van der Waals surface area contributed by atoms with E-state index in [2.05, 4.69) is 4.99 Å². The highest BCUT2D eigenvalue weighted by molar-refractivity contribution is 8.14. The first kappa shape index (κ1) is 22.3. The van der Waals surface area contributed by atoms with E-state index in [1.165, 1.54) is 16.7 Å². The Morgan fingerprint density at radius 1 is 1.00 bits per heavy atom. The highest BCUT2D eigenvalue weighted by atomic mass is 35.5. The third-order valence-electron chi connectivity index (χ3n) is 4.80. The van der Waals surface area contributed by atoms with Gasteiger partial charge in [0.25, 0.3) is 5.91 Å². The fourth-order valence-electron chi connectivity index (χ4n) is 3.11. The minimum Gasteiger partial charge on any atom is -0.293 e. The topological polar surface area (TPSA) is 49.7 Å². The summed E-state index contributed by atoms with van der Waals surface area (Å²) in [5, 5.41) is 1.29. The van der Waals surface area contributed by atoms with E-state index in [0.29, 0.717) is 32.0 Å². The van der Waals surface area contributed by atoms with E-state index in [1.54, 1.807) is 36.4 Å². The van der Waals surface area contributed by atoms with E-state index < -0.39 is 0 Å². The minimum absolute atomic E-state index is 0.0310. The summed E-state index contributed by atoms with van der Waals surface area (Å²) in [6, 6.07) is 21.8. The molecule has 1 amide bonds. The number of aliphatic imine (C=N–C) groups is 1. The van der Waals surface area contributed by atoms with Gasteiger partial charge in [0.05, 0.1) is 21.5 Å². The number of Topliss-reactive ketones (excluding diaryl/α,β-unsaturated/α-hetero) is 1. The second-order valence-corrected chi connectivity index (χ2v) is 8.91. The molecule has 1 aliphatic rings. The summed E-state index contributed by atoms with van der Waals surface area (Å²) in [4.78, 5) is 31.9. The monoisotopic (exact) mass is 480 g/mol. The van der Waals surface area contributed by atoms with Crippen LogP contribution in [0.2, 0.25) is 10.0 Å². The van der Waals surface area contributed by atoms with Crippen LogP contribution in [-0.4, -0.2) is 22.6 Å². The highest BCUT2D eigenvalue weighted by Crippen LogP contribution is 2.31. The molecular formula is C25H18Cl2N2O2S. The van der Waals surface area contributed by atoms with Crippen molar-refractivity contribution >= 4 is 63.6 Å². The van der Waals surface area contributed by atoms with Crippen LogP contribution in [0.15, 0.2) is 83.5 Å². The third kappa shape index (κ3) is 4.96. The molecule has 4 nitrogen and oxygen atoms in total. The quantitative estimate of drug-likeness (QED) is 0.302. The number of benzene rings is 3. The van der Waals surface area contributed by atoms with Gasteiger partial charge in [-0.1, -0.05) is 89.1 Å². The number of halogens is 2. The molecule has 0 aliphatic carbocycles. The maximum atomic E-state index is 13.3. The molecule has 4 rings (SSSR count). The van der Waals surface area contributed by atoms with Crippen molar-refractivity contribution in [3.8, 4) is 0 Å². The van der Waals surface area contributed by atoms with Gasteiger partial charge in [0.1, 0.15) is 5.70 Å². The van der Waals surface area contributed by atoms with Crippen LogP contribution in [-0.2, 0) is 4.79 Å². The van der Waals surface area contributed by atoms with E-state index >= 15 is 0 Å². The number of rotatable bonds is 5. The van der Waals surface area contributed by atoms with Gasteiger partial charge in [-0.25, -0.2) is 4.99 Å². The molecule has 160 valence electrons. The lowest BCUT2D eigenvalue weighted by molar-refractivity contribution is -0.113. The maximum Gasteiger partial charge on any atom is 0.283 e. The Morgan fingerprint density at radius 3 is 2.41 bits per heavy atom. The van der Waals surface area contributed by atoms with Crippen LogP contribution < -0.4 is 4.90 Å². The summed E-state index contributed by atoms with van der Waals surface area (Å²) in [5.74, 6) is -0.135. The van der Waals surface area contributed by atoms with Crippen LogP contribution in [0.5, 0.6) is 0 Å². The molecule has 0 saturated heterocycles. The standard InChI is InChI=1S/C25H18Cl2N2O2S/c1-16-7-10-19(11-8-16)29-24(31)22(14-17-9-12-20(26)21(27)13-17)28-25(29)32-15-23(30)18-5-3-2-4-6-18/h2-14H,15H2,1H3. The summed E-state index contributed by atoms with van der Waals surface area (Å²) >= 11 is 13.3. The molecule has 1 heterocycles. The Kier molecular flexibility index (Phi) is 6.80. The number of aryl methyl sites for hydroxylation is 1. The number of amidine groups is 1. The lowest BCUT2D eigenvalue weighted by Gasteiger charge is -2.17. The molecule has 0 bridgehead atoms. The van der Waals surface area contributed by atoms with Crippen LogP contribution in [0.4, 0.5) is 5.69 Å². The Bertz CT molecular complexity index is 1240. The van der Waals surface area contributed by atoms with E-state index in [1.807, 2.05) is 49.4 Å². The van der Waals surface area contributed by atoms with Gasteiger partial charge in [-0.3, -0.25) is 14.5 Å². The van der Waals surface area contributed by atoms with Gasteiger partial charge < -0.3 is 0 Å². The molecule has 0 atom stereocenters. The zero-order valence-corrected chi connectivity index (χ0v) is 19.4. The summed E-state index contributed by atoms with van der Waals surface area (Å²) < 4.78 is 0. The van der Waals surface area contributed by atoms with Crippen molar-refractivity contribution < 1.29 is 9.59 Å². The number of carbonyl (C=O) groups excluding carboxylic acids is 2. The predicted octanol–water partition coefficient (Wildman–Crippen LogP) is 6.66. The van der Waals surface area contributed by atoms with Crippen molar-refractivity contribution in [3.63, 3.8) is 0 Å². The molecule has 1 aliphatic heterocycles.